The zero-order chi connectivity index (χ0) is 21.1. The summed E-state index contributed by atoms with van der Waals surface area (Å²) in [5.74, 6) is -1.13. The van der Waals surface area contributed by atoms with Gasteiger partial charge in [-0.3, -0.25) is 0 Å². The summed E-state index contributed by atoms with van der Waals surface area (Å²) in [4.78, 5) is 34.2. The van der Waals surface area contributed by atoms with E-state index < -0.39 is 29.9 Å². The van der Waals surface area contributed by atoms with Gasteiger partial charge >= 0.3 is 12.0 Å². The maximum absolute atomic E-state index is 14.7. The Morgan fingerprint density at radius 1 is 1.48 bits per heavy atom. The summed E-state index contributed by atoms with van der Waals surface area (Å²) in [6.07, 6.45) is 2.74. The number of urea groups is 1. The van der Waals surface area contributed by atoms with E-state index in [0.29, 0.717) is 30.1 Å². The fourth-order valence-corrected chi connectivity index (χ4v) is 3.73. The van der Waals surface area contributed by atoms with Gasteiger partial charge in [0.25, 0.3) is 0 Å². The first-order valence-corrected chi connectivity index (χ1v) is 9.87. The largest absolute Gasteiger partial charge is 0.467 e. The molecule has 1 aromatic heterocycles. The van der Waals surface area contributed by atoms with E-state index in [-0.39, 0.29) is 11.5 Å². The van der Waals surface area contributed by atoms with E-state index in [1.165, 1.54) is 36.5 Å². The monoisotopic (exact) mass is 422 g/mol. The second-order valence-corrected chi connectivity index (χ2v) is 7.55. The highest BCUT2D eigenvalue weighted by Crippen LogP contribution is 2.36. The first-order chi connectivity index (χ1) is 13.9. The van der Waals surface area contributed by atoms with E-state index in [1.54, 1.807) is 0 Å². The number of halogens is 2. The van der Waals surface area contributed by atoms with Gasteiger partial charge in [0.05, 0.1) is 19.1 Å². The van der Waals surface area contributed by atoms with Crippen LogP contribution < -0.4 is 5.32 Å². The highest BCUT2D eigenvalue weighted by atomic mass is 35.5. The number of esters is 1. The number of ether oxygens (including phenoxy) is 1. The lowest BCUT2D eigenvalue weighted by molar-refractivity contribution is -0.144. The van der Waals surface area contributed by atoms with Crippen molar-refractivity contribution in [3.8, 4) is 0 Å². The number of aromatic amines is 1. The first kappa shape index (κ1) is 21.1. The second kappa shape index (κ2) is 8.82. The molecule has 2 amide bonds. The molecular formula is C20H24ClFN4O3. The van der Waals surface area contributed by atoms with Crippen molar-refractivity contribution in [2.75, 3.05) is 13.7 Å². The van der Waals surface area contributed by atoms with Gasteiger partial charge in [0, 0.05) is 29.2 Å². The van der Waals surface area contributed by atoms with Crippen LogP contribution in [0.3, 0.4) is 0 Å². The number of rotatable bonds is 5. The van der Waals surface area contributed by atoms with Crippen LogP contribution >= 0.6 is 11.6 Å². The van der Waals surface area contributed by atoms with Gasteiger partial charge in [-0.15, -0.1) is 0 Å². The number of imidazole rings is 1. The molecule has 1 aliphatic heterocycles. The summed E-state index contributed by atoms with van der Waals surface area (Å²) >= 11 is 6.09. The van der Waals surface area contributed by atoms with Crippen molar-refractivity contribution in [3.63, 3.8) is 0 Å². The van der Waals surface area contributed by atoms with Crippen molar-refractivity contribution >= 4 is 23.6 Å². The van der Waals surface area contributed by atoms with Crippen molar-refractivity contribution in [3.05, 3.63) is 52.3 Å². The maximum atomic E-state index is 14.7. The molecule has 2 aromatic rings. The number of fused-ring (bicyclic) bond motifs is 1. The Hall–Kier alpha value is -2.61. The first-order valence-electron chi connectivity index (χ1n) is 9.49. The molecule has 7 nitrogen and oxygen atoms in total. The average molecular weight is 423 g/mol. The van der Waals surface area contributed by atoms with Crippen LogP contribution in [0.1, 0.15) is 43.3 Å². The van der Waals surface area contributed by atoms with Crippen LogP contribution in [0.15, 0.2) is 24.5 Å². The minimum Gasteiger partial charge on any atom is -0.467 e. The third kappa shape index (κ3) is 4.22. The van der Waals surface area contributed by atoms with Gasteiger partial charge in [-0.05, 0) is 24.1 Å². The number of carbonyl (C=O) groups is 2. The Morgan fingerprint density at radius 2 is 2.24 bits per heavy atom. The van der Waals surface area contributed by atoms with Crippen molar-refractivity contribution in [2.24, 2.45) is 5.92 Å². The molecule has 0 unspecified atom stereocenters. The number of H-pyrrole nitrogens is 1. The standard InChI is InChI=1S/C20H24ClFN4O3/c1-4-11(2)16(19(27)29-3)25-20(28)26-8-7-15-17(24-10-23-15)18(26)13-9-12(21)5-6-14(13)22/h5-6,9-11,16,18H,4,7-8H2,1-3H3,(H,23,24)(H,25,28)/t11-,16+,18-/m1/s1. The quantitative estimate of drug-likeness (QED) is 0.722. The molecule has 2 N–H and O–H groups in total. The molecule has 0 saturated carbocycles. The van der Waals surface area contributed by atoms with Crippen LogP contribution in [0.25, 0.3) is 0 Å². The minimum atomic E-state index is -0.803. The lowest BCUT2D eigenvalue weighted by Crippen LogP contribution is -2.53. The van der Waals surface area contributed by atoms with Crippen LogP contribution in [0.2, 0.25) is 5.02 Å². The summed E-state index contributed by atoms with van der Waals surface area (Å²) in [6, 6.07) is 2.17. The Morgan fingerprint density at radius 3 is 2.93 bits per heavy atom. The summed E-state index contributed by atoms with van der Waals surface area (Å²) in [7, 11) is 1.28. The molecule has 0 saturated heterocycles. The number of amides is 2. The predicted molar refractivity (Wildman–Crippen MR) is 106 cm³/mol. The zero-order valence-electron chi connectivity index (χ0n) is 16.5. The number of benzene rings is 1. The molecule has 2 heterocycles. The van der Waals surface area contributed by atoms with Gasteiger partial charge in [0.15, 0.2) is 0 Å². The molecule has 156 valence electrons. The number of nitrogens with zero attached hydrogens (tertiary/aromatic N) is 2. The molecule has 1 aromatic carbocycles. The summed E-state index contributed by atoms with van der Waals surface area (Å²) < 4.78 is 19.5. The van der Waals surface area contributed by atoms with Crippen LogP contribution in [-0.4, -0.2) is 46.6 Å². The molecular weight excluding hydrogens is 399 g/mol. The average Bonchev–Trinajstić information content (AvgIpc) is 3.20. The van der Waals surface area contributed by atoms with E-state index >= 15 is 0 Å². The lowest BCUT2D eigenvalue weighted by Gasteiger charge is -2.36. The lowest BCUT2D eigenvalue weighted by atomic mass is 9.95. The Bertz CT molecular complexity index is 904. The van der Waals surface area contributed by atoms with Crippen LogP contribution in [-0.2, 0) is 16.0 Å². The second-order valence-electron chi connectivity index (χ2n) is 7.11. The third-order valence-electron chi connectivity index (χ3n) is 5.39. The number of aromatic nitrogens is 2. The Labute approximate surface area is 173 Å². The van der Waals surface area contributed by atoms with Gasteiger partial charge in [-0.25, -0.2) is 19.0 Å². The molecule has 0 radical (unpaired) electrons. The molecule has 0 fully saturated rings. The van der Waals surface area contributed by atoms with Crippen molar-refractivity contribution in [1.82, 2.24) is 20.2 Å². The van der Waals surface area contributed by atoms with E-state index in [4.69, 9.17) is 16.3 Å². The van der Waals surface area contributed by atoms with E-state index in [1.807, 2.05) is 13.8 Å². The molecule has 3 atom stereocenters. The molecule has 3 rings (SSSR count). The van der Waals surface area contributed by atoms with Gasteiger partial charge in [0.2, 0.25) is 0 Å². The number of methoxy groups -OCH3 is 1. The molecule has 0 spiro atoms. The molecule has 9 heteroatoms. The predicted octanol–water partition coefficient (Wildman–Crippen LogP) is 3.45. The normalized spacial score (nSPS) is 18.0. The summed E-state index contributed by atoms with van der Waals surface area (Å²) in [6.45, 7) is 4.11. The fourth-order valence-electron chi connectivity index (χ4n) is 3.55. The summed E-state index contributed by atoms with van der Waals surface area (Å²) in [5.41, 5.74) is 1.65. The molecule has 0 bridgehead atoms. The zero-order valence-corrected chi connectivity index (χ0v) is 17.3. The SMILES string of the molecule is CC[C@@H](C)[C@H](NC(=O)N1CCc2[nH]cnc2[C@H]1c1cc(Cl)ccc1F)C(=O)OC. The number of hydrogen-bond donors (Lipinski definition) is 2. The molecule has 1 aliphatic rings. The van der Waals surface area contributed by atoms with E-state index in [0.717, 1.165) is 5.69 Å². The highest BCUT2D eigenvalue weighted by molar-refractivity contribution is 6.30. The number of hydrogen-bond acceptors (Lipinski definition) is 4. The highest BCUT2D eigenvalue weighted by Gasteiger charge is 2.38. The smallest absolute Gasteiger partial charge is 0.328 e. The van der Waals surface area contributed by atoms with E-state index in [2.05, 4.69) is 15.3 Å². The van der Waals surface area contributed by atoms with Gasteiger partial charge in [-0.2, -0.15) is 0 Å². The van der Waals surface area contributed by atoms with E-state index in [9.17, 15) is 14.0 Å². The number of carbonyl (C=O) groups excluding carboxylic acids is 2. The van der Waals surface area contributed by atoms with Crippen LogP contribution in [0, 0.1) is 11.7 Å². The molecule has 0 aliphatic carbocycles. The van der Waals surface area contributed by atoms with Crippen LogP contribution in [0.5, 0.6) is 0 Å². The third-order valence-corrected chi connectivity index (χ3v) is 5.62. The van der Waals surface area contributed by atoms with Crippen LogP contribution in [0.4, 0.5) is 9.18 Å². The summed E-state index contributed by atoms with van der Waals surface area (Å²) in [5, 5.41) is 3.12. The minimum absolute atomic E-state index is 0.126. The van der Waals surface area contributed by atoms with Crippen molar-refractivity contribution in [1.29, 1.82) is 0 Å². The Kier molecular flexibility index (Phi) is 6.42. The van der Waals surface area contributed by atoms with Crippen molar-refractivity contribution in [2.45, 2.75) is 38.8 Å². The topological polar surface area (TPSA) is 87.3 Å². The van der Waals surface area contributed by atoms with Gasteiger partial charge in [0.1, 0.15) is 17.9 Å². The Balaban J connectivity index is 1.97. The molecule has 29 heavy (non-hydrogen) atoms. The van der Waals surface area contributed by atoms with Gasteiger partial charge < -0.3 is 19.9 Å². The fraction of sp³-hybridized carbons (Fsp3) is 0.450. The van der Waals surface area contributed by atoms with Crippen molar-refractivity contribution < 1.29 is 18.7 Å². The van der Waals surface area contributed by atoms with Gasteiger partial charge in [-0.1, -0.05) is 31.9 Å². The number of nitrogens with one attached hydrogen (secondary N) is 2. The maximum Gasteiger partial charge on any atom is 0.328 e.